The number of hydrogen-bond donors (Lipinski definition) is 2. The highest BCUT2D eigenvalue weighted by Gasteiger charge is 2.19. The monoisotopic (exact) mass is 493 g/mol. The van der Waals surface area contributed by atoms with Crippen LogP contribution in [0.15, 0.2) is 46.0 Å². The molecule has 1 aromatic heterocycles. The van der Waals surface area contributed by atoms with Crippen molar-refractivity contribution in [3.05, 3.63) is 40.9 Å². The van der Waals surface area contributed by atoms with Gasteiger partial charge in [-0.25, -0.2) is 4.68 Å². The van der Waals surface area contributed by atoms with Crippen LogP contribution in [0.4, 0.5) is 5.69 Å². The van der Waals surface area contributed by atoms with Gasteiger partial charge in [0.1, 0.15) is 0 Å². The third-order valence-corrected chi connectivity index (χ3v) is 5.46. The van der Waals surface area contributed by atoms with E-state index in [2.05, 4.69) is 31.4 Å². The fourth-order valence-corrected chi connectivity index (χ4v) is 3.73. The van der Waals surface area contributed by atoms with Gasteiger partial charge in [0.15, 0.2) is 17.3 Å². The standard InChI is InChI=1S/C19H20BrN5O4S/c1-27-14-7-11(8-15(28-2)17(14)29-3)18-23-24-19(25(18)21)30-10-16(26)22-13-6-4-5-12(20)9-13/h4-9H,10,21H2,1-3H3,(H,22,26). The molecular weight excluding hydrogens is 474 g/mol. The van der Waals surface area contributed by atoms with Crippen LogP contribution in [0.25, 0.3) is 11.4 Å². The van der Waals surface area contributed by atoms with Crippen LogP contribution in [0.1, 0.15) is 0 Å². The average molecular weight is 494 g/mol. The summed E-state index contributed by atoms with van der Waals surface area (Å²) in [4.78, 5) is 12.2. The summed E-state index contributed by atoms with van der Waals surface area (Å²) in [5.41, 5.74) is 1.33. The Morgan fingerprint density at radius 3 is 2.43 bits per heavy atom. The summed E-state index contributed by atoms with van der Waals surface area (Å²) in [7, 11) is 4.58. The number of methoxy groups -OCH3 is 3. The Morgan fingerprint density at radius 2 is 1.83 bits per heavy atom. The highest BCUT2D eigenvalue weighted by Crippen LogP contribution is 2.40. The molecule has 0 spiro atoms. The zero-order valence-electron chi connectivity index (χ0n) is 16.5. The van der Waals surface area contributed by atoms with Crippen molar-refractivity contribution in [2.24, 2.45) is 0 Å². The predicted octanol–water partition coefficient (Wildman–Crippen LogP) is 3.18. The van der Waals surface area contributed by atoms with Crippen LogP contribution in [-0.4, -0.2) is 47.9 Å². The number of benzene rings is 2. The number of hydrogen-bond acceptors (Lipinski definition) is 8. The number of thioether (sulfide) groups is 1. The van der Waals surface area contributed by atoms with Gasteiger partial charge in [0.2, 0.25) is 16.8 Å². The summed E-state index contributed by atoms with van der Waals surface area (Å²) in [5, 5.41) is 11.4. The topological polar surface area (TPSA) is 114 Å². The van der Waals surface area contributed by atoms with E-state index in [4.69, 9.17) is 20.1 Å². The molecule has 0 aliphatic heterocycles. The molecule has 0 saturated carbocycles. The molecule has 0 bridgehead atoms. The quantitative estimate of drug-likeness (QED) is 0.363. The number of anilines is 1. The van der Waals surface area contributed by atoms with Crippen molar-refractivity contribution in [3.63, 3.8) is 0 Å². The molecule has 0 saturated heterocycles. The van der Waals surface area contributed by atoms with Crippen LogP contribution >= 0.6 is 27.7 Å². The first-order valence-corrected chi connectivity index (χ1v) is 10.4. The van der Waals surface area contributed by atoms with Gasteiger partial charge in [-0.2, -0.15) is 0 Å². The van der Waals surface area contributed by atoms with Gasteiger partial charge in [0.25, 0.3) is 0 Å². The number of nitrogen functional groups attached to an aromatic ring is 1. The zero-order valence-corrected chi connectivity index (χ0v) is 18.9. The van der Waals surface area contributed by atoms with Crippen LogP contribution < -0.4 is 25.4 Å². The average Bonchev–Trinajstić information content (AvgIpc) is 3.11. The second-order valence-corrected chi connectivity index (χ2v) is 7.80. The van der Waals surface area contributed by atoms with E-state index in [1.54, 1.807) is 18.2 Å². The summed E-state index contributed by atoms with van der Waals surface area (Å²) >= 11 is 4.55. The SMILES string of the molecule is COc1cc(-c2nnc(SCC(=O)Nc3cccc(Br)c3)n2N)cc(OC)c1OC. The lowest BCUT2D eigenvalue weighted by Crippen LogP contribution is -2.16. The highest BCUT2D eigenvalue weighted by atomic mass is 79.9. The van der Waals surface area contributed by atoms with Crippen molar-refractivity contribution in [3.8, 4) is 28.6 Å². The van der Waals surface area contributed by atoms with Crippen LogP contribution in [0.2, 0.25) is 0 Å². The Hall–Kier alpha value is -2.92. The van der Waals surface area contributed by atoms with Crippen molar-refractivity contribution in [1.29, 1.82) is 0 Å². The van der Waals surface area contributed by atoms with E-state index in [-0.39, 0.29) is 11.7 Å². The molecule has 0 aliphatic carbocycles. The van der Waals surface area contributed by atoms with Gasteiger partial charge < -0.3 is 25.4 Å². The van der Waals surface area contributed by atoms with Crippen LogP contribution in [0.3, 0.4) is 0 Å². The Morgan fingerprint density at radius 1 is 1.13 bits per heavy atom. The molecule has 0 aliphatic rings. The van der Waals surface area contributed by atoms with E-state index >= 15 is 0 Å². The Labute approximate surface area is 186 Å². The maximum Gasteiger partial charge on any atom is 0.234 e. The summed E-state index contributed by atoms with van der Waals surface area (Å²) in [6.07, 6.45) is 0. The number of carbonyl (C=O) groups is 1. The fraction of sp³-hybridized carbons (Fsp3) is 0.211. The lowest BCUT2D eigenvalue weighted by molar-refractivity contribution is -0.113. The Balaban J connectivity index is 1.75. The summed E-state index contributed by atoms with van der Waals surface area (Å²) < 4.78 is 18.3. The van der Waals surface area contributed by atoms with Gasteiger partial charge in [-0.15, -0.1) is 10.2 Å². The summed E-state index contributed by atoms with van der Waals surface area (Å²) in [6, 6.07) is 10.8. The highest BCUT2D eigenvalue weighted by molar-refractivity contribution is 9.10. The van der Waals surface area contributed by atoms with Crippen molar-refractivity contribution < 1.29 is 19.0 Å². The third-order valence-electron chi connectivity index (χ3n) is 4.03. The molecule has 1 amide bonds. The van der Waals surface area contributed by atoms with Gasteiger partial charge >= 0.3 is 0 Å². The minimum absolute atomic E-state index is 0.122. The van der Waals surface area contributed by atoms with Gasteiger partial charge in [-0.1, -0.05) is 33.8 Å². The van der Waals surface area contributed by atoms with E-state index in [1.165, 1.54) is 37.8 Å². The number of nitrogens with two attached hydrogens (primary N) is 1. The van der Waals surface area contributed by atoms with Gasteiger partial charge in [0, 0.05) is 15.7 Å². The largest absolute Gasteiger partial charge is 0.493 e. The second-order valence-electron chi connectivity index (χ2n) is 5.94. The molecule has 1 heterocycles. The maximum atomic E-state index is 12.2. The zero-order chi connectivity index (χ0) is 21.7. The summed E-state index contributed by atoms with van der Waals surface area (Å²) in [5.74, 6) is 7.90. The predicted molar refractivity (Wildman–Crippen MR) is 119 cm³/mol. The lowest BCUT2D eigenvalue weighted by Gasteiger charge is -2.13. The molecule has 3 rings (SSSR count). The van der Waals surface area contributed by atoms with Crippen LogP contribution in [-0.2, 0) is 4.79 Å². The molecule has 0 radical (unpaired) electrons. The molecule has 2 aromatic carbocycles. The molecule has 0 atom stereocenters. The van der Waals surface area contributed by atoms with Crippen molar-refractivity contribution in [2.45, 2.75) is 5.16 Å². The van der Waals surface area contributed by atoms with Crippen LogP contribution in [0.5, 0.6) is 17.2 Å². The number of amides is 1. The number of aromatic nitrogens is 3. The number of ether oxygens (including phenoxy) is 3. The number of halogens is 1. The van der Waals surface area contributed by atoms with Crippen molar-refractivity contribution in [2.75, 3.05) is 38.2 Å². The summed E-state index contributed by atoms with van der Waals surface area (Å²) in [6.45, 7) is 0. The van der Waals surface area contributed by atoms with Gasteiger partial charge in [0.05, 0.1) is 27.1 Å². The first-order chi connectivity index (χ1) is 14.5. The fourth-order valence-electron chi connectivity index (χ4n) is 2.68. The van der Waals surface area contributed by atoms with Gasteiger partial charge in [-0.05, 0) is 30.3 Å². The van der Waals surface area contributed by atoms with E-state index in [0.29, 0.717) is 39.5 Å². The van der Waals surface area contributed by atoms with Gasteiger partial charge in [-0.3, -0.25) is 4.79 Å². The van der Waals surface area contributed by atoms with E-state index in [0.717, 1.165) is 4.47 Å². The molecule has 0 unspecified atom stereocenters. The number of rotatable bonds is 8. The molecule has 9 nitrogen and oxygen atoms in total. The van der Waals surface area contributed by atoms with Crippen molar-refractivity contribution >= 4 is 39.3 Å². The Kier molecular flexibility index (Phi) is 7.06. The third kappa shape index (κ3) is 4.79. The molecule has 30 heavy (non-hydrogen) atoms. The molecule has 11 heteroatoms. The normalized spacial score (nSPS) is 10.5. The maximum absolute atomic E-state index is 12.2. The molecule has 158 valence electrons. The van der Waals surface area contributed by atoms with E-state index in [9.17, 15) is 4.79 Å². The van der Waals surface area contributed by atoms with E-state index < -0.39 is 0 Å². The number of nitrogens with one attached hydrogen (secondary N) is 1. The van der Waals surface area contributed by atoms with E-state index in [1.807, 2.05) is 18.2 Å². The molecular formula is C19H20BrN5O4S. The molecule has 3 N–H and O–H groups in total. The Bertz CT molecular complexity index is 1030. The first kappa shape index (κ1) is 21.8. The molecule has 3 aromatic rings. The smallest absolute Gasteiger partial charge is 0.234 e. The second kappa shape index (κ2) is 9.72. The minimum Gasteiger partial charge on any atom is -0.493 e. The van der Waals surface area contributed by atoms with Crippen molar-refractivity contribution in [1.82, 2.24) is 14.9 Å². The van der Waals surface area contributed by atoms with Crippen LogP contribution in [0, 0.1) is 0 Å². The molecule has 0 fully saturated rings. The number of nitrogens with zero attached hydrogens (tertiary/aromatic N) is 3. The minimum atomic E-state index is -0.185. The number of carbonyl (C=O) groups excluding carboxylic acids is 1. The first-order valence-electron chi connectivity index (χ1n) is 8.66. The lowest BCUT2D eigenvalue weighted by atomic mass is 10.1.